The van der Waals surface area contributed by atoms with Gasteiger partial charge in [-0.05, 0) is 37.8 Å². The van der Waals surface area contributed by atoms with E-state index in [1.165, 1.54) is 23.1 Å². The lowest BCUT2D eigenvalue weighted by molar-refractivity contribution is -0.113. The maximum atomic E-state index is 13.1. The number of nitrogens with one attached hydrogen (secondary N) is 1. The van der Waals surface area contributed by atoms with E-state index in [0.29, 0.717) is 33.5 Å². The molecule has 170 valence electrons. The first kappa shape index (κ1) is 22.6. The van der Waals surface area contributed by atoms with Crippen molar-refractivity contribution in [2.75, 3.05) is 36.2 Å². The number of carbonyl (C=O) groups excluding carboxylic acids is 1. The molecule has 10 heteroatoms. The van der Waals surface area contributed by atoms with Crippen molar-refractivity contribution in [3.8, 4) is 5.75 Å². The zero-order valence-electron chi connectivity index (χ0n) is 18.5. The Morgan fingerprint density at radius 3 is 2.81 bits per heavy atom. The number of aromatic nitrogens is 3. The number of anilines is 2. The van der Waals surface area contributed by atoms with Crippen LogP contribution in [0.5, 0.6) is 5.75 Å². The van der Waals surface area contributed by atoms with E-state index in [2.05, 4.69) is 27.1 Å². The summed E-state index contributed by atoms with van der Waals surface area (Å²) in [6.07, 6.45) is 2.26. The number of carbonyl (C=O) groups is 1. The zero-order valence-corrected chi connectivity index (χ0v) is 20.1. The summed E-state index contributed by atoms with van der Waals surface area (Å²) >= 11 is 2.66. The fraction of sp³-hybridized carbons (Fsp3) is 0.455. The normalized spacial score (nSPS) is 14.7. The summed E-state index contributed by atoms with van der Waals surface area (Å²) in [4.78, 5) is 37.1. The molecule has 0 bridgehead atoms. The van der Waals surface area contributed by atoms with E-state index in [1.54, 1.807) is 23.8 Å². The maximum absolute atomic E-state index is 13.1. The van der Waals surface area contributed by atoms with Crippen LogP contribution in [0.3, 0.4) is 0 Å². The van der Waals surface area contributed by atoms with Crippen molar-refractivity contribution >= 4 is 50.2 Å². The number of thioether (sulfide) groups is 1. The lowest BCUT2D eigenvalue weighted by Crippen LogP contribution is -2.32. The number of benzene rings is 1. The number of rotatable bonds is 7. The van der Waals surface area contributed by atoms with Gasteiger partial charge < -0.3 is 15.0 Å². The third-order valence-electron chi connectivity index (χ3n) is 5.53. The first-order valence-electron chi connectivity index (χ1n) is 10.7. The number of methoxy groups -OCH3 is 1. The highest BCUT2D eigenvalue weighted by Gasteiger charge is 2.22. The number of piperidine rings is 1. The van der Waals surface area contributed by atoms with Crippen LogP contribution in [-0.4, -0.2) is 46.4 Å². The Kier molecular flexibility index (Phi) is 7.00. The number of thiazole rings is 1. The van der Waals surface area contributed by atoms with Gasteiger partial charge in [0.25, 0.3) is 5.56 Å². The van der Waals surface area contributed by atoms with Crippen LogP contribution < -0.4 is 20.5 Å². The third kappa shape index (κ3) is 4.91. The Morgan fingerprint density at radius 2 is 2.09 bits per heavy atom. The summed E-state index contributed by atoms with van der Waals surface area (Å²) in [5.74, 6) is 1.35. The predicted octanol–water partition coefficient (Wildman–Crippen LogP) is 3.85. The van der Waals surface area contributed by atoms with E-state index in [0.717, 1.165) is 37.0 Å². The SMILES string of the molecule is CCn1c(SCC(=O)Nc2cccc(OC)c2)nc2nc(N3CCC(C)CC3)sc2c1=O. The monoisotopic (exact) mass is 473 g/mol. The van der Waals surface area contributed by atoms with Gasteiger partial charge in [-0.2, -0.15) is 4.98 Å². The van der Waals surface area contributed by atoms with Gasteiger partial charge in [0, 0.05) is 31.4 Å². The highest BCUT2D eigenvalue weighted by Crippen LogP contribution is 2.30. The molecule has 1 saturated heterocycles. The van der Waals surface area contributed by atoms with Crippen LogP contribution in [0.15, 0.2) is 34.2 Å². The predicted molar refractivity (Wildman–Crippen MR) is 130 cm³/mol. The van der Waals surface area contributed by atoms with Crippen LogP contribution >= 0.6 is 23.1 Å². The highest BCUT2D eigenvalue weighted by molar-refractivity contribution is 7.99. The highest BCUT2D eigenvalue weighted by atomic mass is 32.2. The molecule has 0 spiro atoms. The maximum Gasteiger partial charge on any atom is 0.273 e. The first-order valence-corrected chi connectivity index (χ1v) is 12.5. The molecule has 0 aliphatic carbocycles. The second-order valence-corrected chi connectivity index (χ2v) is 9.75. The fourth-order valence-corrected chi connectivity index (χ4v) is 5.49. The minimum atomic E-state index is -0.179. The fourth-order valence-electron chi connectivity index (χ4n) is 3.63. The van der Waals surface area contributed by atoms with Gasteiger partial charge >= 0.3 is 0 Å². The topological polar surface area (TPSA) is 89.3 Å². The summed E-state index contributed by atoms with van der Waals surface area (Å²) < 4.78 is 7.38. The number of hydrogen-bond donors (Lipinski definition) is 1. The standard InChI is InChI=1S/C22H27N5O3S2/c1-4-27-20(29)18-19(24-21(32-18)26-10-8-14(2)9-11-26)25-22(27)31-13-17(28)23-15-6-5-7-16(12-15)30-3/h5-7,12,14H,4,8-11,13H2,1-3H3,(H,23,28). The molecule has 0 saturated carbocycles. The van der Waals surface area contributed by atoms with Gasteiger partial charge in [-0.3, -0.25) is 14.2 Å². The Hall–Kier alpha value is -2.59. The van der Waals surface area contributed by atoms with Crippen LogP contribution in [0, 0.1) is 5.92 Å². The number of ether oxygens (including phenoxy) is 1. The summed E-state index contributed by atoms with van der Waals surface area (Å²) in [6, 6.07) is 7.19. The molecule has 0 radical (unpaired) electrons. The average Bonchev–Trinajstić information content (AvgIpc) is 3.23. The molecule has 8 nitrogen and oxygen atoms in total. The summed E-state index contributed by atoms with van der Waals surface area (Å²) in [5.41, 5.74) is 1.03. The van der Waals surface area contributed by atoms with Gasteiger partial charge in [-0.25, -0.2) is 4.98 Å². The van der Waals surface area contributed by atoms with Crippen LogP contribution in [0.4, 0.5) is 10.8 Å². The quantitative estimate of drug-likeness (QED) is 0.412. The summed E-state index contributed by atoms with van der Waals surface area (Å²) in [6.45, 7) is 6.56. The Morgan fingerprint density at radius 1 is 1.31 bits per heavy atom. The number of hydrogen-bond acceptors (Lipinski definition) is 8. The molecule has 3 aromatic rings. The minimum Gasteiger partial charge on any atom is -0.497 e. The minimum absolute atomic E-state index is 0.0951. The van der Waals surface area contributed by atoms with Crippen molar-refractivity contribution in [3.63, 3.8) is 0 Å². The van der Waals surface area contributed by atoms with Gasteiger partial charge in [-0.15, -0.1) is 0 Å². The van der Waals surface area contributed by atoms with Crippen LogP contribution in [0.1, 0.15) is 26.7 Å². The van der Waals surface area contributed by atoms with Crippen molar-refractivity contribution in [2.45, 2.75) is 38.4 Å². The van der Waals surface area contributed by atoms with Crippen molar-refractivity contribution in [1.82, 2.24) is 14.5 Å². The molecule has 1 fully saturated rings. The number of fused-ring (bicyclic) bond motifs is 1. The van der Waals surface area contributed by atoms with Crippen LogP contribution in [0.25, 0.3) is 10.3 Å². The molecule has 1 aromatic carbocycles. The van der Waals surface area contributed by atoms with Gasteiger partial charge in [0.1, 0.15) is 10.4 Å². The van der Waals surface area contributed by atoms with E-state index in [9.17, 15) is 9.59 Å². The first-order chi connectivity index (χ1) is 15.5. The van der Waals surface area contributed by atoms with Gasteiger partial charge in [0.15, 0.2) is 15.9 Å². The molecule has 0 atom stereocenters. The number of amides is 1. The summed E-state index contributed by atoms with van der Waals surface area (Å²) in [5, 5.41) is 4.22. The Labute approximate surface area is 195 Å². The molecule has 1 amide bonds. The van der Waals surface area contributed by atoms with Gasteiger partial charge in [0.05, 0.1) is 12.9 Å². The molecular formula is C22H27N5O3S2. The molecule has 1 aliphatic rings. The lowest BCUT2D eigenvalue weighted by atomic mass is 10.00. The van der Waals surface area contributed by atoms with E-state index < -0.39 is 0 Å². The molecule has 0 unspecified atom stereocenters. The largest absolute Gasteiger partial charge is 0.497 e. The van der Waals surface area contributed by atoms with E-state index in [1.807, 2.05) is 19.1 Å². The molecular weight excluding hydrogens is 446 g/mol. The summed E-state index contributed by atoms with van der Waals surface area (Å²) in [7, 11) is 1.58. The molecule has 3 heterocycles. The molecule has 2 aromatic heterocycles. The van der Waals surface area contributed by atoms with Gasteiger partial charge in [0.2, 0.25) is 5.91 Å². The van der Waals surface area contributed by atoms with Crippen LogP contribution in [-0.2, 0) is 11.3 Å². The average molecular weight is 474 g/mol. The van der Waals surface area contributed by atoms with Crippen molar-refractivity contribution in [1.29, 1.82) is 0 Å². The van der Waals surface area contributed by atoms with E-state index in [-0.39, 0.29) is 17.2 Å². The van der Waals surface area contributed by atoms with Gasteiger partial charge in [-0.1, -0.05) is 36.1 Å². The van der Waals surface area contributed by atoms with Crippen molar-refractivity contribution in [2.24, 2.45) is 5.92 Å². The molecule has 1 aliphatic heterocycles. The third-order valence-corrected chi connectivity index (χ3v) is 7.60. The second kappa shape index (κ2) is 9.91. The molecule has 1 N–H and O–H groups in total. The Bertz CT molecular complexity index is 1170. The van der Waals surface area contributed by atoms with Crippen molar-refractivity contribution < 1.29 is 9.53 Å². The Balaban J connectivity index is 1.51. The lowest BCUT2D eigenvalue weighted by Gasteiger charge is -2.29. The van der Waals surface area contributed by atoms with E-state index in [4.69, 9.17) is 4.74 Å². The molecule has 32 heavy (non-hydrogen) atoms. The van der Waals surface area contributed by atoms with Crippen molar-refractivity contribution in [3.05, 3.63) is 34.6 Å². The van der Waals surface area contributed by atoms with E-state index >= 15 is 0 Å². The molecule has 4 rings (SSSR count). The number of nitrogens with zero attached hydrogens (tertiary/aromatic N) is 4. The zero-order chi connectivity index (χ0) is 22.7. The second-order valence-electron chi connectivity index (χ2n) is 7.83. The smallest absolute Gasteiger partial charge is 0.273 e. The van der Waals surface area contributed by atoms with Crippen LogP contribution in [0.2, 0.25) is 0 Å².